The second-order valence-corrected chi connectivity index (χ2v) is 6.14. The minimum absolute atomic E-state index is 0.0222. The Balaban J connectivity index is 1.97. The number of rotatable bonds is 4. The highest BCUT2D eigenvalue weighted by atomic mass is 35.5. The van der Waals surface area contributed by atoms with Gasteiger partial charge >= 0.3 is 0 Å². The first-order chi connectivity index (χ1) is 10.0. The van der Waals surface area contributed by atoms with E-state index in [2.05, 4.69) is 22.2 Å². The van der Waals surface area contributed by atoms with Crippen LogP contribution in [0.3, 0.4) is 0 Å². The molecule has 5 nitrogen and oxygen atoms in total. The number of carbonyl (C=O) groups excluding carboxylic acids is 1. The molecule has 1 aliphatic rings. The predicted octanol–water partition coefficient (Wildman–Crippen LogP) is 2.19. The topological polar surface area (TPSA) is 48.5 Å². The monoisotopic (exact) mass is 310 g/mol. The number of nitrogens with zero attached hydrogens (tertiary/aromatic N) is 3. The molecule has 0 spiro atoms. The Hall–Kier alpha value is -1.33. The molecule has 1 aromatic heterocycles. The van der Waals surface area contributed by atoms with E-state index in [1.165, 1.54) is 0 Å². The van der Waals surface area contributed by atoms with Gasteiger partial charge in [-0.3, -0.25) is 4.79 Å². The molecule has 1 fully saturated rings. The Morgan fingerprint density at radius 2 is 2.19 bits per heavy atom. The molecule has 0 aliphatic carbocycles. The number of hydrogen-bond donors (Lipinski definition) is 1. The number of hydrogen-bond acceptors (Lipinski definition) is 4. The summed E-state index contributed by atoms with van der Waals surface area (Å²) in [6.07, 6.45) is 3.86. The third kappa shape index (κ3) is 4.08. The molecule has 1 N–H and O–H groups in total. The van der Waals surface area contributed by atoms with Gasteiger partial charge in [0.2, 0.25) is 0 Å². The number of amides is 1. The van der Waals surface area contributed by atoms with Crippen molar-refractivity contribution in [2.24, 2.45) is 5.92 Å². The maximum absolute atomic E-state index is 12.4. The molecule has 1 saturated heterocycles. The van der Waals surface area contributed by atoms with Crippen LogP contribution in [0.2, 0.25) is 5.02 Å². The van der Waals surface area contributed by atoms with E-state index in [-0.39, 0.29) is 5.91 Å². The van der Waals surface area contributed by atoms with E-state index in [0.717, 1.165) is 32.5 Å². The van der Waals surface area contributed by atoms with Crippen molar-refractivity contribution in [3.05, 3.63) is 22.8 Å². The van der Waals surface area contributed by atoms with Crippen molar-refractivity contribution in [2.45, 2.75) is 12.8 Å². The Labute approximate surface area is 131 Å². The highest BCUT2D eigenvalue weighted by Gasteiger charge is 2.21. The van der Waals surface area contributed by atoms with Crippen molar-refractivity contribution >= 4 is 23.3 Å². The lowest BCUT2D eigenvalue weighted by molar-refractivity contribution is 0.0747. The number of anilines is 1. The van der Waals surface area contributed by atoms with Crippen molar-refractivity contribution in [3.8, 4) is 0 Å². The first-order valence-corrected chi connectivity index (χ1v) is 7.66. The van der Waals surface area contributed by atoms with Crippen molar-refractivity contribution in [1.29, 1.82) is 0 Å². The highest BCUT2D eigenvalue weighted by Crippen LogP contribution is 2.21. The number of nitrogens with one attached hydrogen (secondary N) is 1. The summed E-state index contributed by atoms with van der Waals surface area (Å²) in [7, 11) is 5.74. The zero-order valence-corrected chi connectivity index (χ0v) is 13.7. The van der Waals surface area contributed by atoms with Gasteiger partial charge in [0.25, 0.3) is 5.91 Å². The van der Waals surface area contributed by atoms with Crippen LogP contribution in [0.4, 0.5) is 5.82 Å². The second-order valence-electron chi connectivity index (χ2n) is 5.74. The molecule has 116 valence electrons. The van der Waals surface area contributed by atoms with E-state index in [1.807, 2.05) is 7.05 Å². The zero-order chi connectivity index (χ0) is 15.4. The Morgan fingerprint density at radius 3 is 2.76 bits per heavy atom. The fraction of sp³-hybridized carbons (Fsp3) is 0.600. The SMILES string of the molecule is CNc1ncc(C(=O)N(C)CC2CCN(C)CC2)cc1Cl. The Kier molecular flexibility index (Phi) is 5.42. The first kappa shape index (κ1) is 16.0. The molecule has 0 aromatic carbocycles. The van der Waals surface area contributed by atoms with E-state index in [9.17, 15) is 4.79 Å². The van der Waals surface area contributed by atoms with Crippen molar-refractivity contribution in [3.63, 3.8) is 0 Å². The molecular weight excluding hydrogens is 288 g/mol. The lowest BCUT2D eigenvalue weighted by Gasteiger charge is -2.31. The molecule has 0 saturated carbocycles. The summed E-state index contributed by atoms with van der Waals surface area (Å²) < 4.78 is 0. The zero-order valence-electron chi connectivity index (χ0n) is 12.9. The van der Waals surface area contributed by atoms with Crippen molar-refractivity contribution in [1.82, 2.24) is 14.8 Å². The van der Waals surface area contributed by atoms with Gasteiger partial charge in [0.05, 0.1) is 10.6 Å². The van der Waals surface area contributed by atoms with E-state index >= 15 is 0 Å². The molecule has 0 radical (unpaired) electrons. The number of likely N-dealkylation sites (tertiary alicyclic amines) is 1. The molecule has 1 aromatic rings. The molecule has 6 heteroatoms. The lowest BCUT2D eigenvalue weighted by atomic mass is 9.96. The van der Waals surface area contributed by atoms with Crippen molar-refractivity contribution in [2.75, 3.05) is 46.1 Å². The fourth-order valence-electron chi connectivity index (χ4n) is 2.67. The standard InChI is InChI=1S/C15H23ClN4O/c1-17-14-13(16)8-12(9-18-14)15(21)20(3)10-11-4-6-19(2)7-5-11/h8-9,11H,4-7,10H2,1-3H3,(H,17,18). The summed E-state index contributed by atoms with van der Waals surface area (Å²) in [6, 6.07) is 1.67. The van der Waals surface area contributed by atoms with Crippen LogP contribution in [-0.4, -0.2) is 61.5 Å². The quantitative estimate of drug-likeness (QED) is 0.926. The van der Waals surface area contributed by atoms with Crippen LogP contribution >= 0.6 is 11.6 Å². The number of halogens is 1. The van der Waals surface area contributed by atoms with Gasteiger partial charge < -0.3 is 15.1 Å². The number of aromatic nitrogens is 1. The Morgan fingerprint density at radius 1 is 1.52 bits per heavy atom. The summed E-state index contributed by atoms with van der Waals surface area (Å²) in [5.41, 5.74) is 0.537. The van der Waals surface area contributed by atoms with Gasteiger partial charge in [-0.1, -0.05) is 11.6 Å². The van der Waals surface area contributed by atoms with E-state index in [0.29, 0.717) is 22.3 Å². The van der Waals surface area contributed by atoms with Gasteiger partial charge in [-0.05, 0) is 45.0 Å². The smallest absolute Gasteiger partial charge is 0.255 e. The maximum atomic E-state index is 12.4. The normalized spacial score (nSPS) is 16.8. The highest BCUT2D eigenvalue weighted by molar-refractivity contribution is 6.33. The molecule has 0 atom stereocenters. The largest absolute Gasteiger partial charge is 0.372 e. The molecule has 0 unspecified atom stereocenters. The fourth-order valence-corrected chi connectivity index (χ4v) is 2.93. The van der Waals surface area contributed by atoms with Gasteiger partial charge in [-0.25, -0.2) is 4.98 Å². The number of piperidine rings is 1. The summed E-state index contributed by atoms with van der Waals surface area (Å²) in [4.78, 5) is 20.7. The minimum Gasteiger partial charge on any atom is -0.372 e. The lowest BCUT2D eigenvalue weighted by Crippen LogP contribution is -2.38. The molecule has 2 rings (SSSR count). The number of pyridine rings is 1. The third-order valence-electron chi connectivity index (χ3n) is 4.04. The van der Waals surface area contributed by atoms with Crippen LogP contribution < -0.4 is 5.32 Å². The van der Waals surface area contributed by atoms with Gasteiger partial charge in [0.15, 0.2) is 0 Å². The number of carbonyl (C=O) groups is 1. The third-order valence-corrected chi connectivity index (χ3v) is 4.33. The van der Waals surface area contributed by atoms with E-state index in [1.54, 1.807) is 24.2 Å². The molecule has 0 bridgehead atoms. The maximum Gasteiger partial charge on any atom is 0.255 e. The van der Waals surface area contributed by atoms with Crippen LogP contribution in [0.5, 0.6) is 0 Å². The summed E-state index contributed by atoms with van der Waals surface area (Å²) in [5, 5.41) is 3.36. The second kappa shape index (κ2) is 7.09. The molecule has 1 aliphatic heterocycles. The molecule has 1 amide bonds. The minimum atomic E-state index is -0.0222. The average Bonchev–Trinajstić information content (AvgIpc) is 2.48. The van der Waals surface area contributed by atoms with Gasteiger partial charge in [0, 0.05) is 26.8 Å². The first-order valence-electron chi connectivity index (χ1n) is 7.28. The van der Waals surface area contributed by atoms with Crippen LogP contribution in [0, 0.1) is 5.92 Å². The van der Waals surface area contributed by atoms with Crippen LogP contribution in [0.25, 0.3) is 0 Å². The summed E-state index contributed by atoms with van der Waals surface area (Å²) >= 11 is 6.08. The Bertz CT molecular complexity index is 500. The van der Waals surface area contributed by atoms with Crippen LogP contribution in [0.15, 0.2) is 12.3 Å². The van der Waals surface area contributed by atoms with Crippen molar-refractivity contribution < 1.29 is 4.79 Å². The predicted molar refractivity (Wildman–Crippen MR) is 86.0 cm³/mol. The summed E-state index contributed by atoms with van der Waals surface area (Å²) in [5.74, 6) is 1.15. The molecule has 21 heavy (non-hydrogen) atoms. The van der Waals surface area contributed by atoms with Gasteiger partial charge in [-0.2, -0.15) is 0 Å². The van der Waals surface area contributed by atoms with E-state index < -0.39 is 0 Å². The van der Waals surface area contributed by atoms with Gasteiger partial charge in [-0.15, -0.1) is 0 Å². The van der Waals surface area contributed by atoms with Crippen LogP contribution in [-0.2, 0) is 0 Å². The van der Waals surface area contributed by atoms with E-state index in [4.69, 9.17) is 11.6 Å². The summed E-state index contributed by atoms with van der Waals surface area (Å²) in [6.45, 7) is 3.01. The van der Waals surface area contributed by atoms with Crippen LogP contribution in [0.1, 0.15) is 23.2 Å². The van der Waals surface area contributed by atoms with Gasteiger partial charge in [0.1, 0.15) is 5.82 Å². The molecular formula is C15H23ClN4O. The molecule has 2 heterocycles. The average molecular weight is 311 g/mol.